The van der Waals surface area contributed by atoms with E-state index in [0.717, 1.165) is 70.5 Å². The molecule has 2 amide bonds. The SMILES string of the molecule is COC(=O)N[C@H]1CCC[C@@H]1[C@](C#N)(c1cccc(F)c1)C1CCN(CC2CN(c3ccc(S(=O)(=O)C4CN(C(=O)OC(C)(C)C)C4)cc3)C2)CC1. The van der Waals surface area contributed by atoms with Crippen molar-refractivity contribution in [1.82, 2.24) is 15.1 Å². The molecule has 13 heteroatoms. The van der Waals surface area contributed by atoms with E-state index in [-0.39, 0.29) is 41.7 Å². The number of hydrogen-bond acceptors (Lipinski definition) is 9. The number of nitriles is 1. The third-order valence-corrected chi connectivity index (χ3v) is 13.4. The lowest BCUT2D eigenvalue weighted by Crippen LogP contribution is -2.57. The van der Waals surface area contributed by atoms with Gasteiger partial charge in [-0.05, 0) is 107 Å². The molecule has 3 aliphatic heterocycles. The molecule has 6 rings (SSSR count). The Morgan fingerprint density at radius 3 is 2.29 bits per heavy atom. The van der Waals surface area contributed by atoms with E-state index in [4.69, 9.17) is 9.47 Å². The van der Waals surface area contributed by atoms with Crippen LogP contribution in [0.4, 0.5) is 19.7 Å². The minimum absolute atomic E-state index is 0.0126. The van der Waals surface area contributed by atoms with Crippen LogP contribution in [0.5, 0.6) is 0 Å². The number of alkyl carbamates (subject to hydrolysis) is 1. The summed E-state index contributed by atoms with van der Waals surface area (Å²) in [7, 11) is -2.23. The molecule has 276 valence electrons. The molecule has 3 atom stereocenters. The van der Waals surface area contributed by atoms with Crippen molar-refractivity contribution in [2.45, 2.75) is 80.1 Å². The predicted molar refractivity (Wildman–Crippen MR) is 190 cm³/mol. The number of carbonyl (C=O) groups is 2. The number of sulfone groups is 1. The van der Waals surface area contributed by atoms with Crippen LogP contribution in [0.1, 0.15) is 58.4 Å². The number of ether oxygens (including phenoxy) is 2. The average molecular weight is 724 g/mol. The van der Waals surface area contributed by atoms with Gasteiger partial charge in [0.05, 0.1) is 23.5 Å². The van der Waals surface area contributed by atoms with E-state index < -0.39 is 38.3 Å². The molecule has 1 N–H and O–H groups in total. The lowest BCUT2D eigenvalue weighted by atomic mass is 9.59. The number of anilines is 1. The Balaban J connectivity index is 1.02. The number of nitrogens with one attached hydrogen (secondary N) is 1. The first-order chi connectivity index (χ1) is 24.2. The lowest BCUT2D eigenvalue weighted by Gasteiger charge is -2.48. The fraction of sp³-hybridized carbons (Fsp3) is 0.605. The number of benzene rings is 2. The summed E-state index contributed by atoms with van der Waals surface area (Å²) in [5.74, 6) is -0.0391. The van der Waals surface area contributed by atoms with Crippen LogP contribution in [0.25, 0.3) is 0 Å². The predicted octanol–water partition coefficient (Wildman–Crippen LogP) is 5.35. The molecule has 1 saturated carbocycles. The van der Waals surface area contributed by atoms with Gasteiger partial charge in [-0.1, -0.05) is 18.6 Å². The number of carbonyl (C=O) groups excluding carboxylic acids is 2. The standard InChI is InChI=1S/C38H50FN5O6S/c1-37(2,3)50-36(46)44-23-32(24-44)51(47,48)31-13-11-30(12-14-31)43-21-26(22-43)20-42-17-15-27(16-18-42)38(25-40,28-7-5-8-29(39)19-28)33-9-6-10-34(33)41-35(45)49-4/h5,7-8,11-14,19,26-27,32-34H,6,9-10,15-18,20-24H2,1-4H3,(H,41,45)/t33-,34-,38-/m0/s1. The number of methoxy groups -OCH3 is 1. The average Bonchev–Trinajstić information content (AvgIpc) is 3.50. The second-order valence-electron chi connectivity index (χ2n) is 15.7. The summed E-state index contributed by atoms with van der Waals surface area (Å²) in [6.45, 7) is 9.93. The van der Waals surface area contributed by atoms with Crippen LogP contribution in [-0.4, -0.2) is 100 Å². The lowest BCUT2D eigenvalue weighted by molar-refractivity contribution is 0.0139. The zero-order chi connectivity index (χ0) is 36.6. The van der Waals surface area contributed by atoms with Crippen LogP contribution >= 0.6 is 0 Å². The van der Waals surface area contributed by atoms with E-state index in [9.17, 15) is 27.7 Å². The van der Waals surface area contributed by atoms with E-state index in [2.05, 4.69) is 21.2 Å². The summed E-state index contributed by atoms with van der Waals surface area (Å²) >= 11 is 0. The Hall–Kier alpha value is -3.89. The first-order valence-corrected chi connectivity index (χ1v) is 19.6. The van der Waals surface area contributed by atoms with Crippen molar-refractivity contribution in [3.8, 4) is 6.07 Å². The molecule has 0 unspecified atom stereocenters. The topological polar surface area (TPSA) is 132 Å². The Bertz CT molecular complexity index is 1720. The van der Waals surface area contributed by atoms with Crippen LogP contribution in [0, 0.1) is 34.9 Å². The van der Waals surface area contributed by atoms with Crippen molar-refractivity contribution < 1.29 is 31.9 Å². The summed E-state index contributed by atoms with van der Waals surface area (Å²) in [5.41, 5.74) is 0.107. The highest BCUT2D eigenvalue weighted by Gasteiger charge is 2.53. The van der Waals surface area contributed by atoms with E-state index in [0.29, 0.717) is 11.5 Å². The maximum absolute atomic E-state index is 14.6. The molecule has 0 aromatic heterocycles. The largest absolute Gasteiger partial charge is 0.453 e. The molecule has 3 heterocycles. The van der Waals surface area contributed by atoms with Crippen LogP contribution in [0.3, 0.4) is 0 Å². The highest BCUT2D eigenvalue weighted by molar-refractivity contribution is 7.92. The van der Waals surface area contributed by atoms with E-state index in [1.165, 1.54) is 24.1 Å². The number of rotatable bonds is 9. The van der Waals surface area contributed by atoms with Gasteiger partial charge < -0.3 is 29.5 Å². The van der Waals surface area contributed by atoms with Gasteiger partial charge in [0.1, 0.15) is 16.7 Å². The number of halogens is 1. The molecule has 51 heavy (non-hydrogen) atoms. The third-order valence-electron chi connectivity index (χ3n) is 11.3. The summed E-state index contributed by atoms with van der Waals surface area (Å²) in [6, 6.07) is 16.0. The van der Waals surface area contributed by atoms with Crippen molar-refractivity contribution in [2.75, 3.05) is 57.8 Å². The molecule has 0 spiro atoms. The molecule has 2 aromatic carbocycles. The highest BCUT2D eigenvalue weighted by Crippen LogP contribution is 2.50. The second-order valence-corrected chi connectivity index (χ2v) is 17.9. The Morgan fingerprint density at radius 2 is 1.69 bits per heavy atom. The fourth-order valence-electron chi connectivity index (χ4n) is 8.61. The van der Waals surface area contributed by atoms with Gasteiger partial charge in [-0.2, -0.15) is 5.26 Å². The molecule has 0 radical (unpaired) electrons. The van der Waals surface area contributed by atoms with Gasteiger partial charge in [-0.15, -0.1) is 0 Å². The fourth-order valence-corrected chi connectivity index (χ4v) is 10.3. The summed E-state index contributed by atoms with van der Waals surface area (Å²) in [5, 5.41) is 13.3. The van der Waals surface area contributed by atoms with Gasteiger partial charge in [0, 0.05) is 56.3 Å². The molecule has 1 aliphatic carbocycles. The zero-order valence-electron chi connectivity index (χ0n) is 30.0. The minimum Gasteiger partial charge on any atom is -0.453 e. The number of nitrogens with zero attached hydrogens (tertiary/aromatic N) is 4. The maximum atomic E-state index is 14.6. The van der Waals surface area contributed by atoms with Crippen LogP contribution in [0.2, 0.25) is 0 Å². The molecule has 4 fully saturated rings. The van der Waals surface area contributed by atoms with Gasteiger partial charge in [0.2, 0.25) is 0 Å². The smallest absolute Gasteiger partial charge is 0.410 e. The van der Waals surface area contributed by atoms with Crippen LogP contribution in [0.15, 0.2) is 53.4 Å². The van der Waals surface area contributed by atoms with Gasteiger partial charge >= 0.3 is 12.2 Å². The van der Waals surface area contributed by atoms with Crippen molar-refractivity contribution in [3.05, 3.63) is 59.9 Å². The Morgan fingerprint density at radius 1 is 1.00 bits per heavy atom. The molecular weight excluding hydrogens is 674 g/mol. The van der Waals surface area contributed by atoms with Gasteiger partial charge in [0.15, 0.2) is 9.84 Å². The molecule has 3 saturated heterocycles. The number of hydrogen-bond donors (Lipinski definition) is 1. The highest BCUT2D eigenvalue weighted by atomic mass is 32.2. The van der Waals surface area contributed by atoms with Gasteiger partial charge in [0.25, 0.3) is 0 Å². The van der Waals surface area contributed by atoms with Crippen molar-refractivity contribution in [2.24, 2.45) is 17.8 Å². The first kappa shape index (κ1) is 36.9. The van der Waals surface area contributed by atoms with Crippen LogP contribution in [-0.2, 0) is 24.7 Å². The molecule has 2 aromatic rings. The monoisotopic (exact) mass is 723 g/mol. The zero-order valence-corrected chi connectivity index (χ0v) is 30.8. The van der Waals surface area contributed by atoms with Crippen molar-refractivity contribution >= 4 is 27.7 Å². The van der Waals surface area contributed by atoms with Crippen molar-refractivity contribution in [1.29, 1.82) is 5.26 Å². The number of amides is 2. The van der Waals surface area contributed by atoms with E-state index >= 15 is 0 Å². The van der Waals surface area contributed by atoms with Gasteiger partial charge in [-0.25, -0.2) is 22.4 Å². The quantitative estimate of drug-likeness (QED) is 0.364. The van der Waals surface area contributed by atoms with Crippen LogP contribution < -0.4 is 10.2 Å². The molecule has 11 nitrogen and oxygen atoms in total. The Kier molecular flexibility index (Phi) is 10.6. The number of piperidine rings is 1. The molecule has 0 bridgehead atoms. The summed E-state index contributed by atoms with van der Waals surface area (Å²) in [6.07, 6.45) is 3.00. The van der Waals surface area contributed by atoms with E-state index in [1.54, 1.807) is 39.0 Å². The van der Waals surface area contributed by atoms with E-state index in [1.807, 2.05) is 18.2 Å². The molecule has 4 aliphatic rings. The minimum atomic E-state index is -3.56. The van der Waals surface area contributed by atoms with Gasteiger partial charge in [-0.3, -0.25) is 0 Å². The first-order valence-electron chi connectivity index (χ1n) is 18.0. The third kappa shape index (κ3) is 7.68. The Labute approximate surface area is 301 Å². The normalized spacial score (nSPS) is 23.5. The molecular formula is C38H50FN5O6S. The number of likely N-dealkylation sites (tertiary alicyclic amines) is 2. The van der Waals surface area contributed by atoms with Crippen molar-refractivity contribution in [3.63, 3.8) is 0 Å². The summed E-state index contributed by atoms with van der Waals surface area (Å²) < 4.78 is 51.2. The second kappa shape index (κ2) is 14.6. The summed E-state index contributed by atoms with van der Waals surface area (Å²) in [4.78, 5) is 30.9. The maximum Gasteiger partial charge on any atom is 0.410 e.